The van der Waals surface area contributed by atoms with Crippen LogP contribution in [0.3, 0.4) is 0 Å². The van der Waals surface area contributed by atoms with Crippen molar-refractivity contribution >= 4 is 28.7 Å². The topological polar surface area (TPSA) is 136 Å². The van der Waals surface area contributed by atoms with Gasteiger partial charge in [-0.05, 0) is 89.6 Å². The van der Waals surface area contributed by atoms with Crippen LogP contribution in [0.15, 0.2) is 91.1 Å². The molecular formula is C47H49N7O4. The van der Waals surface area contributed by atoms with E-state index >= 15 is 0 Å². The standard InChI is InChI=1S/C47H49N7O4/c1-28(2)42(52-47(57)58-3)46(56)54-22-8-12-40(54)45-49-37-20-18-34-25-33(17-19-36(34)43(37)51-45)30-13-14-32-26-35(16-15-31(32)24-30)38-27-48-44(50-38)39-11-7-21-53(39)41(55)23-29-9-5-4-6-10-29/h4-6,9-10,13-17,19,24-28,39-40,42H,7-8,11-12,18,20-23H2,1-3H3,(H,48,50)(H,49,51)(H,52,57)/t39-,40-,42-/m0/s1. The molecule has 3 N–H and O–H groups in total. The van der Waals surface area contributed by atoms with Gasteiger partial charge in [-0.25, -0.2) is 14.8 Å². The van der Waals surface area contributed by atoms with Crippen molar-refractivity contribution in [2.45, 2.75) is 76.9 Å². The number of methoxy groups -OCH3 is 1. The molecule has 3 aliphatic rings. The Balaban J connectivity index is 0.905. The average Bonchev–Trinajstić information content (AvgIpc) is 4.08. The molecule has 9 rings (SSSR count). The van der Waals surface area contributed by atoms with Gasteiger partial charge in [-0.1, -0.05) is 86.6 Å². The summed E-state index contributed by atoms with van der Waals surface area (Å²) in [5, 5.41) is 5.04. The summed E-state index contributed by atoms with van der Waals surface area (Å²) in [6.07, 6.45) is 6.95. The number of hydrogen-bond acceptors (Lipinski definition) is 6. The maximum absolute atomic E-state index is 13.7. The number of hydrogen-bond donors (Lipinski definition) is 3. The van der Waals surface area contributed by atoms with Gasteiger partial charge in [0.1, 0.15) is 17.7 Å². The monoisotopic (exact) mass is 775 g/mol. The van der Waals surface area contributed by atoms with E-state index in [2.05, 4.69) is 69.9 Å². The van der Waals surface area contributed by atoms with Crippen LogP contribution in [0.25, 0.3) is 44.4 Å². The number of carbonyl (C=O) groups excluding carboxylic acids is 3. The van der Waals surface area contributed by atoms with E-state index in [0.29, 0.717) is 13.0 Å². The van der Waals surface area contributed by atoms with Crippen molar-refractivity contribution in [2.75, 3.05) is 20.2 Å². The van der Waals surface area contributed by atoms with Gasteiger partial charge in [-0.3, -0.25) is 9.59 Å². The molecule has 11 nitrogen and oxygen atoms in total. The Hall–Kier alpha value is -6.23. The number of ether oxygens (including phenoxy) is 1. The van der Waals surface area contributed by atoms with Gasteiger partial charge in [0.15, 0.2) is 0 Å². The number of alkyl carbamates (subject to hydrolysis) is 1. The number of aryl methyl sites for hydroxylation is 2. The summed E-state index contributed by atoms with van der Waals surface area (Å²) in [6, 6.07) is 28.9. The Morgan fingerprint density at radius 1 is 0.810 bits per heavy atom. The predicted molar refractivity (Wildman–Crippen MR) is 224 cm³/mol. The minimum Gasteiger partial charge on any atom is -0.453 e. The lowest BCUT2D eigenvalue weighted by atomic mass is 9.89. The number of aromatic amines is 2. The zero-order valence-corrected chi connectivity index (χ0v) is 33.3. The van der Waals surface area contributed by atoms with Crippen molar-refractivity contribution in [3.8, 4) is 33.6 Å². The van der Waals surface area contributed by atoms with Crippen LogP contribution < -0.4 is 5.32 Å². The molecule has 0 unspecified atom stereocenters. The van der Waals surface area contributed by atoms with E-state index in [1.165, 1.54) is 18.2 Å². The number of H-pyrrole nitrogens is 2. The lowest BCUT2D eigenvalue weighted by Gasteiger charge is -2.30. The number of benzene rings is 4. The number of amides is 3. The van der Waals surface area contributed by atoms with E-state index in [1.54, 1.807) is 0 Å². The quantitative estimate of drug-likeness (QED) is 0.135. The fourth-order valence-corrected chi connectivity index (χ4v) is 9.13. The fourth-order valence-electron chi connectivity index (χ4n) is 9.13. The minimum atomic E-state index is -0.670. The Bertz CT molecular complexity index is 2510. The molecule has 11 heteroatoms. The molecule has 2 saturated heterocycles. The van der Waals surface area contributed by atoms with Gasteiger partial charge in [-0.2, -0.15) is 0 Å². The largest absolute Gasteiger partial charge is 0.453 e. The zero-order valence-electron chi connectivity index (χ0n) is 33.3. The summed E-state index contributed by atoms with van der Waals surface area (Å²) < 4.78 is 4.80. The van der Waals surface area contributed by atoms with E-state index in [1.807, 2.05) is 60.2 Å². The molecule has 2 fully saturated rings. The first kappa shape index (κ1) is 37.4. The van der Waals surface area contributed by atoms with E-state index < -0.39 is 12.1 Å². The molecule has 0 bridgehead atoms. The molecule has 296 valence electrons. The molecule has 6 aromatic rings. The second-order valence-electron chi connectivity index (χ2n) is 16.2. The number of carbonyl (C=O) groups is 3. The summed E-state index contributed by atoms with van der Waals surface area (Å²) in [5.74, 6) is 1.59. The third-order valence-electron chi connectivity index (χ3n) is 12.2. The van der Waals surface area contributed by atoms with E-state index in [-0.39, 0.29) is 29.8 Å². The van der Waals surface area contributed by atoms with E-state index in [9.17, 15) is 14.4 Å². The highest BCUT2D eigenvalue weighted by molar-refractivity contribution is 5.91. The van der Waals surface area contributed by atoms with Gasteiger partial charge in [-0.15, -0.1) is 0 Å². The van der Waals surface area contributed by atoms with Crippen LogP contribution in [0.1, 0.15) is 80.1 Å². The molecule has 0 radical (unpaired) electrons. The molecule has 0 saturated carbocycles. The minimum absolute atomic E-state index is 0.0410. The van der Waals surface area contributed by atoms with Crippen LogP contribution in [0.4, 0.5) is 4.79 Å². The van der Waals surface area contributed by atoms with Crippen LogP contribution in [-0.2, 0) is 33.6 Å². The van der Waals surface area contributed by atoms with Gasteiger partial charge in [0, 0.05) is 24.2 Å². The Morgan fingerprint density at radius 3 is 2.26 bits per heavy atom. The first-order chi connectivity index (χ1) is 28.2. The smallest absolute Gasteiger partial charge is 0.407 e. The maximum Gasteiger partial charge on any atom is 0.407 e. The molecule has 4 heterocycles. The van der Waals surface area contributed by atoms with Gasteiger partial charge < -0.3 is 29.8 Å². The predicted octanol–water partition coefficient (Wildman–Crippen LogP) is 8.34. The van der Waals surface area contributed by atoms with Crippen LogP contribution in [0.2, 0.25) is 0 Å². The normalized spacial score (nSPS) is 18.0. The van der Waals surface area contributed by atoms with Crippen LogP contribution >= 0.6 is 0 Å². The van der Waals surface area contributed by atoms with Crippen molar-refractivity contribution in [1.82, 2.24) is 35.1 Å². The Labute approximate surface area is 338 Å². The summed E-state index contributed by atoms with van der Waals surface area (Å²) in [7, 11) is 1.31. The summed E-state index contributed by atoms with van der Waals surface area (Å²) >= 11 is 0. The number of nitrogens with one attached hydrogen (secondary N) is 3. The third-order valence-corrected chi connectivity index (χ3v) is 12.2. The van der Waals surface area contributed by atoms with Gasteiger partial charge in [0.25, 0.3) is 0 Å². The van der Waals surface area contributed by atoms with Gasteiger partial charge in [0.05, 0.1) is 48.9 Å². The highest BCUT2D eigenvalue weighted by Crippen LogP contribution is 2.39. The summed E-state index contributed by atoms with van der Waals surface area (Å²) in [5.41, 5.74) is 9.85. The Kier molecular flexibility index (Phi) is 10.1. The highest BCUT2D eigenvalue weighted by atomic mass is 16.5. The van der Waals surface area contributed by atoms with Crippen LogP contribution in [-0.4, -0.2) is 73.9 Å². The number of fused-ring (bicyclic) bond motifs is 4. The molecule has 3 atom stereocenters. The molecule has 1 aliphatic carbocycles. The van der Waals surface area contributed by atoms with E-state index in [4.69, 9.17) is 14.7 Å². The number of rotatable bonds is 9. The molecule has 4 aromatic carbocycles. The number of aromatic nitrogens is 4. The number of imidazole rings is 2. The SMILES string of the molecule is COC(=O)N[C@H](C(=O)N1CCC[C@H]1c1nc2c([nH]1)-c1ccc(-c3ccc4cc(-c5cnc([C@@H]6CCCN6C(=O)Cc6ccccc6)[nH]5)ccc4c3)cc1CC2)C(C)C. The van der Waals surface area contributed by atoms with Crippen molar-refractivity contribution in [3.05, 3.63) is 120 Å². The first-order valence-electron chi connectivity index (χ1n) is 20.5. The molecule has 3 amide bonds. The number of likely N-dealkylation sites (tertiary alicyclic amines) is 2. The van der Waals surface area contributed by atoms with Crippen LogP contribution in [0, 0.1) is 5.92 Å². The summed E-state index contributed by atoms with van der Waals surface area (Å²) in [4.78, 5) is 59.9. The van der Waals surface area contributed by atoms with Crippen molar-refractivity contribution in [2.24, 2.45) is 5.92 Å². The molecule has 0 spiro atoms. The number of nitrogens with zero attached hydrogens (tertiary/aromatic N) is 4. The van der Waals surface area contributed by atoms with Crippen LogP contribution in [0.5, 0.6) is 0 Å². The zero-order chi connectivity index (χ0) is 39.9. The second kappa shape index (κ2) is 15.6. The molecular weight excluding hydrogens is 727 g/mol. The highest BCUT2D eigenvalue weighted by Gasteiger charge is 2.38. The summed E-state index contributed by atoms with van der Waals surface area (Å²) in [6.45, 7) is 5.23. The van der Waals surface area contributed by atoms with Gasteiger partial charge >= 0.3 is 6.09 Å². The van der Waals surface area contributed by atoms with Crippen molar-refractivity contribution in [3.63, 3.8) is 0 Å². The van der Waals surface area contributed by atoms with Crippen molar-refractivity contribution < 1.29 is 19.1 Å². The lowest BCUT2D eigenvalue weighted by molar-refractivity contribution is -0.135. The van der Waals surface area contributed by atoms with E-state index in [0.717, 1.165) is 107 Å². The second-order valence-corrected chi connectivity index (χ2v) is 16.2. The van der Waals surface area contributed by atoms with Crippen molar-refractivity contribution in [1.29, 1.82) is 0 Å². The lowest BCUT2D eigenvalue weighted by Crippen LogP contribution is -2.51. The first-order valence-corrected chi connectivity index (χ1v) is 20.5. The third kappa shape index (κ3) is 7.14. The van der Waals surface area contributed by atoms with Gasteiger partial charge in [0.2, 0.25) is 11.8 Å². The maximum atomic E-state index is 13.7. The Morgan fingerprint density at radius 2 is 1.50 bits per heavy atom. The molecule has 2 aromatic heterocycles. The average molecular weight is 776 g/mol. The molecule has 2 aliphatic heterocycles. The molecule has 58 heavy (non-hydrogen) atoms. The fraction of sp³-hybridized carbons (Fsp3) is 0.340.